The average molecular weight is 494 g/mol. The van der Waals surface area contributed by atoms with E-state index in [0.29, 0.717) is 29.9 Å². The summed E-state index contributed by atoms with van der Waals surface area (Å²) in [5.74, 6) is 4.60. The van der Waals surface area contributed by atoms with E-state index in [0.717, 1.165) is 25.1 Å². The summed E-state index contributed by atoms with van der Waals surface area (Å²) >= 11 is 0. The van der Waals surface area contributed by atoms with Crippen LogP contribution in [-0.4, -0.2) is 47.2 Å². The van der Waals surface area contributed by atoms with Crippen LogP contribution in [0.1, 0.15) is 45.3 Å². The summed E-state index contributed by atoms with van der Waals surface area (Å²) in [5, 5.41) is 13.2. The first-order chi connectivity index (χ1) is 17.3. The van der Waals surface area contributed by atoms with Crippen LogP contribution in [0.25, 0.3) is 0 Å². The van der Waals surface area contributed by atoms with Gasteiger partial charge in [0.2, 0.25) is 0 Å². The van der Waals surface area contributed by atoms with Crippen molar-refractivity contribution in [3.8, 4) is 17.6 Å². The van der Waals surface area contributed by atoms with E-state index in [1.165, 1.54) is 30.3 Å². The number of nitrogens with one attached hydrogen (secondary N) is 1. The first kappa shape index (κ1) is 25.3. The number of rotatable bonds is 6. The molecule has 1 aliphatic rings. The van der Waals surface area contributed by atoms with Crippen LogP contribution in [0.3, 0.4) is 0 Å². The summed E-state index contributed by atoms with van der Waals surface area (Å²) in [7, 11) is 0. The van der Waals surface area contributed by atoms with Crippen molar-refractivity contribution < 1.29 is 23.1 Å². The molecular formula is C28H26F3N3O2. The minimum Gasteiger partial charge on any atom is -0.508 e. The van der Waals surface area contributed by atoms with Gasteiger partial charge in [0.25, 0.3) is 5.91 Å². The molecule has 2 aromatic carbocycles. The Hall–Kier alpha value is -3.83. The molecule has 1 saturated heterocycles. The van der Waals surface area contributed by atoms with Gasteiger partial charge in [0.1, 0.15) is 29.8 Å². The summed E-state index contributed by atoms with van der Waals surface area (Å²) in [6.07, 6.45) is 0.862. The number of aromatic nitrogens is 1. The average Bonchev–Trinajstić information content (AvgIpc) is 3.31. The van der Waals surface area contributed by atoms with E-state index >= 15 is 0 Å². The predicted molar refractivity (Wildman–Crippen MR) is 130 cm³/mol. The molecule has 0 spiro atoms. The number of hydrogen-bond acceptors (Lipinski definition) is 4. The first-order valence-corrected chi connectivity index (χ1v) is 11.7. The molecule has 4 rings (SSSR count). The smallest absolute Gasteiger partial charge is 0.270 e. The van der Waals surface area contributed by atoms with Crippen molar-refractivity contribution >= 4 is 5.91 Å². The normalized spacial score (nSPS) is 16.3. The summed E-state index contributed by atoms with van der Waals surface area (Å²) in [6, 6.07) is 11.2. The monoisotopic (exact) mass is 493 g/mol. The number of carbonyl (C=O) groups excluding carboxylic acids is 1. The molecule has 0 radical (unpaired) electrons. The Bertz CT molecular complexity index is 1300. The van der Waals surface area contributed by atoms with Crippen molar-refractivity contribution in [3.05, 3.63) is 94.3 Å². The number of alkyl halides is 1. The van der Waals surface area contributed by atoms with Gasteiger partial charge < -0.3 is 10.4 Å². The summed E-state index contributed by atoms with van der Waals surface area (Å²) < 4.78 is 40.1. The molecule has 36 heavy (non-hydrogen) atoms. The van der Waals surface area contributed by atoms with Gasteiger partial charge in [-0.1, -0.05) is 24.0 Å². The van der Waals surface area contributed by atoms with Crippen molar-refractivity contribution in [3.63, 3.8) is 0 Å². The molecule has 2 N–H and O–H groups in total. The van der Waals surface area contributed by atoms with Gasteiger partial charge in [0.15, 0.2) is 0 Å². The number of hydrogen-bond donors (Lipinski definition) is 2. The number of aryl methyl sites for hydroxylation is 1. The Balaban J connectivity index is 1.59. The summed E-state index contributed by atoms with van der Waals surface area (Å²) in [6.45, 7) is 3.30. The fourth-order valence-corrected chi connectivity index (χ4v) is 4.27. The molecule has 2 atom stereocenters. The van der Waals surface area contributed by atoms with E-state index in [1.807, 2.05) is 4.90 Å². The number of carbonyl (C=O) groups is 1. The highest BCUT2D eigenvalue weighted by atomic mass is 19.1. The molecule has 186 valence electrons. The van der Waals surface area contributed by atoms with Crippen molar-refractivity contribution in [2.24, 2.45) is 5.92 Å². The van der Waals surface area contributed by atoms with E-state index in [1.54, 1.807) is 19.1 Å². The minimum absolute atomic E-state index is 0.104. The third kappa shape index (κ3) is 6.23. The number of phenolic OH excluding ortho intramolecular Hbond substituents is 1. The molecule has 0 unspecified atom stereocenters. The topological polar surface area (TPSA) is 65.5 Å². The lowest BCUT2D eigenvalue weighted by atomic mass is 9.97. The van der Waals surface area contributed by atoms with Crippen LogP contribution in [0, 0.1) is 36.3 Å². The molecule has 0 aliphatic carbocycles. The summed E-state index contributed by atoms with van der Waals surface area (Å²) in [5.41, 5.74) is 1.89. The Morgan fingerprint density at radius 1 is 1.17 bits per heavy atom. The lowest BCUT2D eigenvalue weighted by Crippen LogP contribution is -2.30. The fraction of sp³-hybridized carbons (Fsp3) is 0.286. The maximum Gasteiger partial charge on any atom is 0.270 e. The van der Waals surface area contributed by atoms with E-state index in [4.69, 9.17) is 0 Å². The zero-order valence-electron chi connectivity index (χ0n) is 19.8. The molecule has 0 bridgehead atoms. The number of amides is 1. The Morgan fingerprint density at radius 2 is 1.92 bits per heavy atom. The van der Waals surface area contributed by atoms with Gasteiger partial charge >= 0.3 is 0 Å². The number of halogens is 3. The van der Waals surface area contributed by atoms with Crippen LogP contribution in [0.4, 0.5) is 13.2 Å². The second-order valence-electron chi connectivity index (χ2n) is 8.79. The lowest BCUT2D eigenvalue weighted by Gasteiger charge is -2.21. The molecule has 3 aromatic rings. The van der Waals surface area contributed by atoms with E-state index < -0.39 is 23.6 Å². The highest BCUT2D eigenvalue weighted by Gasteiger charge is 2.23. The third-order valence-corrected chi connectivity index (χ3v) is 6.06. The number of phenols is 1. The fourth-order valence-electron chi connectivity index (χ4n) is 4.27. The highest BCUT2D eigenvalue weighted by molar-refractivity contribution is 5.93. The van der Waals surface area contributed by atoms with Gasteiger partial charge in [-0.05, 0) is 67.9 Å². The van der Waals surface area contributed by atoms with Crippen LogP contribution in [0.15, 0.2) is 54.6 Å². The largest absolute Gasteiger partial charge is 0.508 e. The maximum atomic E-state index is 14.0. The molecule has 1 aromatic heterocycles. The molecule has 5 nitrogen and oxygen atoms in total. The number of benzene rings is 2. The van der Waals surface area contributed by atoms with Gasteiger partial charge in [-0.25, -0.2) is 18.2 Å². The van der Waals surface area contributed by atoms with Gasteiger partial charge in [-0.15, -0.1) is 0 Å². The van der Waals surface area contributed by atoms with Crippen molar-refractivity contribution in [2.75, 3.05) is 26.3 Å². The van der Waals surface area contributed by atoms with Crippen molar-refractivity contribution in [1.82, 2.24) is 15.2 Å². The molecular weight excluding hydrogens is 467 g/mol. The number of likely N-dealkylation sites (tertiary alicyclic amines) is 1. The standard InChI is InChI=1S/C28H26F3N3O2/c1-18-14-20(3-2-19-10-12-34(17-19)13-11-29)15-25(32-18)28(36)33-27(21-4-6-22(30)7-5-21)24-16-23(31)8-9-26(24)35/h4-9,14-16,19,27,35H,10-13,17H2,1H3,(H,33,36)/t19-,27-/m0/s1. The third-order valence-electron chi connectivity index (χ3n) is 6.06. The van der Waals surface area contributed by atoms with Crippen LogP contribution >= 0.6 is 0 Å². The molecule has 1 aliphatic heterocycles. The van der Waals surface area contributed by atoms with Crippen LogP contribution in [0.5, 0.6) is 5.75 Å². The molecule has 2 heterocycles. The van der Waals surface area contributed by atoms with Crippen LogP contribution in [-0.2, 0) is 0 Å². The molecule has 8 heteroatoms. The minimum atomic E-state index is -0.953. The van der Waals surface area contributed by atoms with Crippen LogP contribution in [0.2, 0.25) is 0 Å². The number of aromatic hydroxyl groups is 1. The first-order valence-electron chi connectivity index (χ1n) is 11.7. The number of nitrogens with zero attached hydrogens (tertiary/aromatic N) is 2. The second kappa shape index (κ2) is 11.3. The highest BCUT2D eigenvalue weighted by Crippen LogP contribution is 2.30. The SMILES string of the molecule is Cc1cc(C#C[C@H]2CCN(CCF)C2)cc(C(=O)N[C@@H](c2ccc(F)cc2)c2cc(F)ccc2O)n1. The van der Waals surface area contributed by atoms with E-state index in [9.17, 15) is 23.1 Å². The van der Waals surface area contributed by atoms with Gasteiger partial charge in [-0.2, -0.15) is 0 Å². The number of pyridine rings is 1. The zero-order chi connectivity index (χ0) is 25.7. The maximum absolute atomic E-state index is 14.0. The Kier molecular flexibility index (Phi) is 7.91. The zero-order valence-corrected chi connectivity index (χ0v) is 19.8. The predicted octanol–water partition coefficient (Wildman–Crippen LogP) is 4.54. The van der Waals surface area contributed by atoms with Gasteiger partial charge in [-0.3, -0.25) is 9.69 Å². The second-order valence-corrected chi connectivity index (χ2v) is 8.79. The van der Waals surface area contributed by atoms with Crippen molar-refractivity contribution in [2.45, 2.75) is 19.4 Å². The lowest BCUT2D eigenvalue weighted by molar-refractivity contribution is 0.0937. The Labute approximate surface area is 208 Å². The molecule has 0 saturated carbocycles. The van der Waals surface area contributed by atoms with Gasteiger partial charge in [0, 0.05) is 35.8 Å². The van der Waals surface area contributed by atoms with Gasteiger partial charge in [0.05, 0.1) is 6.04 Å². The van der Waals surface area contributed by atoms with E-state index in [2.05, 4.69) is 22.1 Å². The Morgan fingerprint density at radius 3 is 2.67 bits per heavy atom. The van der Waals surface area contributed by atoms with E-state index in [-0.39, 0.29) is 29.6 Å². The van der Waals surface area contributed by atoms with Crippen molar-refractivity contribution in [1.29, 1.82) is 0 Å². The molecule has 1 fully saturated rings. The summed E-state index contributed by atoms with van der Waals surface area (Å²) in [4.78, 5) is 19.6. The quantitative estimate of drug-likeness (QED) is 0.495. The molecule has 1 amide bonds. The van der Waals surface area contributed by atoms with Crippen LogP contribution < -0.4 is 5.32 Å².